The Balaban J connectivity index is 2.77. The minimum Gasteiger partial charge on any atom is -0.369 e. The van der Waals surface area contributed by atoms with Crippen LogP contribution in [0.1, 0.15) is 18.5 Å². The predicted molar refractivity (Wildman–Crippen MR) is 62.8 cm³/mol. The molecule has 0 fully saturated rings. The van der Waals surface area contributed by atoms with Crippen LogP contribution in [0.15, 0.2) is 18.2 Å². The number of imidazole rings is 1. The second-order valence-corrected chi connectivity index (χ2v) is 3.86. The smallest absolute Gasteiger partial charge is 0.240 e. The fourth-order valence-electron chi connectivity index (χ4n) is 1.86. The standard InChI is InChI=1S/C11H14N4O/c1-6-4-3-5-8-9(6)15(11(13)14-8)7(2)10(12)16/h3-5,7H,1-2H3,(H2,12,16)(H2,13,14). The molecular formula is C11H14N4O. The molecule has 1 aromatic heterocycles. The van der Waals surface area contributed by atoms with E-state index in [0.717, 1.165) is 16.6 Å². The van der Waals surface area contributed by atoms with Crippen LogP contribution in [-0.2, 0) is 4.79 Å². The maximum atomic E-state index is 11.2. The SMILES string of the molecule is Cc1cccc2nc(N)n(C(C)C(N)=O)c12. The molecule has 5 nitrogen and oxygen atoms in total. The van der Waals surface area contributed by atoms with Gasteiger partial charge in [-0.1, -0.05) is 12.1 Å². The van der Waals surface area contributed by atoms with Gasteiger partial charge >= 0.3 is 0 Å². The van der Waals surface area contributed by atoms with Crippen LogP contribution in [0.4, 0.5) is 5.95 Å². The predicted octanol–water partition coefficient (Wildman–Crippen LogP) is 0.973. The number of fused-ring (bicyclic) bond motifs is 1. The van der Waals surface area contributed by atoms with Gasteiger partial charge in [0.25, 0.3) is 0 Å². The zero-order valence-electron chi connectivity index (χ0n) is 9.27. The highest BCUT2D eigenvalue weighted by molar-refractivity contribution is 5.86. The minimum absolute atomic E-state index is 0.315. The molecule has 0 radical (unpaired) electrons. The number of benzene rings is 1. The Morgan fingerprint density at radius 3 is 2.81 bits per heavy atom. The van der Waals surface area contributed by atoms with Gasteiger partial charge in [0.1, 0.15) is 6.04 Å². The van der Waals surface area contributed by atoms with E-state index in [2.05, 4.69) is 4.98 Å². The summed E-state index contributed by atoms with van der Waals surface area (Å²) < 4.78 is 1.67. The molecule has 2 aromatic rings. The van der Waals surface area contributed by atoms with Crippen LogP contribution in [0.3, 0.4) is 0 Å². The molecule has 0 saturated heterocycles. The summed E-state index contributed by atoms with van der Waals surface area (Å²) in [5.41, 5.74) is 13.8. The van der Waals surface area contributed by atoms with Crippen molar-refractivity contribution < 1.29 is 4.79 Å². The summed E-state index contributed by atoms with van der Waals surface area (Å²) in [6, 6.07) is 5.23. The van der Waals surface area contributed by atoms with E-state index in [1.165, 1.54) is 0 Å². The topological polar surface area (TPSA) is 86.9 Å². The van der Waals surface area contributed by atoms with Crippen molar-refractivity contribution in [1.82, 2.24) is 9.55 Å². The summed E-state index contributed by atoms with van der Waals surface area (Å²) in [7, 11) is 0. The van der Waals surface area contributed by atoms with Crippen molar-refractivity contribution in [2.45, 2.75) is 19.9 Å². The number of para-hydroxylation sites is 1. The summed E-state index contributed by atoms with van der Waals surface area (Å²) in [5.74, 6) is -0.107. The van der Waals surface area contributed by atoms with E-state index < -0.39 is 11.9 Å². The second kappa shape index (κ2) is 3.52. The molecule has 5 heteroatoms. The number of aryl methyl sites for hydroxylation is 1. The van der Waals surface area contributed by atoms with Crippen LogP contribution in [0.2, 0.25) is 0 Å². The molecule has 0 spiro atoms. The van der Waals surface area contributed by atoms with E-state index in [1.807, 2.05) is 25.1 Å². The molecule has 0 aliphatic carbocycles. The number of carbonyl (C=O) groups excluding carboxylic acids is 1. The first-order chi connectivity index (χ1) is 7.52. The van der Waals surface area contributed by atoms with Crippen molar-refractivity contribution in [3.63, 3.8) is 0 Å². The Morgan fingerprint density at radius 2 is 2.19 bits per heavy atom. The molecule has 4 N–H and O–H groups in total. The number of rotatable bonds is 2. The normalized spacial score (nSPS) is 12.9. The summed E-state index contributed by atoms with van der Waals surface area (Å²) in [6.45, 7) is 3.67. The van der Waals surface area contributed by atoms with Crippen molar-refractivity contribution in [1.29, 1.82) is 0 Å². The lowest BCUT2D eigenvalue weighted by atomic mass is 10.2. The number of hydrogen-bond donors (Lipinski definition) is 2. The van der Waals surface area contributed by atoms with Crippen LogP contribution in [-0.4, -0.2) is 15.5 Å². The Labute approximate surface area is 93.1 Å². The molecule has 16 heavy (non-hydrogen) atoms. The first kappa shape index (κ1) is 10.5. The monoisotopic (exact) mass is 218 g/mol. The maximum absolute atomic E-state index is 11.2. The van der Waals surface area contributed by atoms with E-state index in [1.54, 1.807) is 11.5 Å². The van der Waals surface area contributed by atoms with Crippen LogP contribution >= 0.6 is 0 Å². The first-order valence-electron chi connectivity index (χ1n) is 5.04. The van der Waals surface area contributed by atoms with Gasteiger partial charge in [0.2, 0.25) is 11.9 Å². The number of anilines is 1. The van der Waals surface area contributed by atoms with Crippen molar-refractivity contribution in [3.8, 4) is 0 Å². The van der Waals surface area contributed by atoms with E-state index >= 15 is 0 Å². The van der Waals surface area contributed by atoms with Gasteiger partial charge in [0.15, 0.2) is 0 Å². The molecule has 2 rings (SSSR count). The molecule has 1 aromatic carbocycles. The molecule has 1 heterocycles. The van der Waals surface area contributed by atoms with Crippen molar-refractivity contribution >= 4 is 22.9 Å². The summed E-state index contributed by atoms with van der Waals surface area (Å²) in [6.07, 6.45) is 0. The summed E-state index contributed by atoms with van der Waals surface area (Å²) in [4.78, 5) is 15.4. The van der Waals surface area contributed by atoms with Gasteiger partial charge < -0.3 is 11.5 Å². The molecule has 0 saturated carbocycles. The molecule has 0 aliphatic rings. The highest BCUT2D eigenvalue weighted by Crippen LogP contribution is 2.25. The van der Waals surface area contributed by atoms with E-state index in [9.17, 15) is 4.79 Å². The lowest BCUT2D eigenvalue weighted by molar-refractivity contribution is -0.120. The van der Waals surface area contributed by atoms with Gasteiger partial charge in [0, 0.05) is 0 Å². The first-order valence-corrected chi connectivity index (χ1v) is 5.04. The Kier molecular flexibility index (Phi) is 2.30. The van der Waals surface area contributed by atoms with Crippen LogP contribution in [0.25, 0.3) is 11.0 Å². The average molecular weight is 218 g/mol. The number of hydrogen-bond acceptors (Lipinski definition) is 3. The van der Waals surface area contributed by atoms with E-state index in [-0.39, 0.29) is 0 Å². The molecule has 1 amide bonds. The zero-order valence-corrected chi connectivity index (χ0v) is 9.27. The maximum Gasteiger partial charge on any atom is 0.240 e. The fourth-order valence-corrected chi connectivity index (χ4v) is 1.86. The number of nitrogens with two attached hydrogens (primary N) is 2. The molecular weight excluding hydrogens is 204 g/mol. The van der Waals surface area contributed by atoms with Crippen LogP contribution in [0.5, 0.6) is 0 Å². The highest BCUT2D eigenvalue weighted by Gasteiger charge is 2.18. The van der Waals surface area contributed by atoms with Gasteiger partial charge in [-0.2, -0.15) is 0 Å². The van der Waals surface area contributed by atoms with Crippen LogP contribution in [0, 0.1) is 6.92 Å². The van der Waals surface area contributed by atoms with Gasteiger partial charge in [-0.25, -0.2) is 4.98 Å². The zero-order chi connectivity index (χ0) is 11.9. The van der Waals surface area contributed by atoms with Gasteiger partial charge in [-0.05, 0) is 25.5 Å². The third kappa shape index (κ3) is 1.41. The van der Waals surface area contributed by atoms with Crippen LogP contribution < -0.4 is 11.5 Å². The quantitative estimate of drug-likeness (QED) is 0.787. The molecule has 0 bridgehead atoms. The van der Waals surface area contributed by atoms with Gasteiger partial charge in [-0.15, -0.1) is 0 Å². The van der Waals surface area contributed by atoms with Crippen molar-refractivity contribution in [2.24, 2.45) is 5.73 Å². The molecule has 84 valence electrons. The van der Waals surface area contributed by atoms with E-state index in [4.69, 9.17) is 11.5 Å². The van der Waals surface area contributed by atoms with Gasteiger partial charge in [0.05, 0.1) is 11.0 Å². The van der Waals surface area contributed by atoms with Crippen molar-refractivity contribution in [2.75, 3.05) is 5.73 Å². The number of nitrogens with zero attached hydrogens (tertiary/aromatic N) is 2. The number of aromatic nitrogens is 2. The Morgan fingerprint density at radius 1 is 1.50 bits per heavy atom. The molecule has 1 atom stereocenters. The van der Waals surface area contributed by atoms with E-state index in [0.29, 0.717) is 5.95 Å². The van der Waals surface area contributed by atoms with Crippen molar-refractivity contribution in [3.05, 3.63) is 23.8 Å². The number of amides is 1. The minimum atomic E-state index is -0.494. The largest absolute Gasteiger partial charge is 0.369 e. The average Bonchev–Trinajstić information content (AvgIpc) is 2.54. The lowest BCUT2D eigenvalue weighted by Crippen LogP contribution is -2.25. The lowest BCUT2D eigenvalue weighted by Gasteiger charge is -2.13. The highest BCUT2D eigenvalue weighted by atomic mass is 16.1. The third-order valence-electron chi connectivity index (χ3n) is 2.74. The number of primary amides is 1. The summed E-state index contributed by atoms with van der Waals surface area (Å²) in [5, 5.41) is 0. The fraction of sp³-hybridized carbons (Fsp3) is 0.273. The Bertz CT molecular complexity index is 558. The third-order valence-corrected chi connectivity index (χ3v) is 2.74. The Hall–Kier alpha value is -2.04. The molecule has 0 aliphatic heterocycles. The summed E-state index contributed by atoms with van der Waals surface area (Å²) >= 11 is 0. The number of nitrogen functional groups attached to an aromatic ring is 1. The van der Waals surface area contributed by atoms with Gasteiger partial charge in [-0.3, -0.25) is 9.36 Å². The molecule has 1 unspecified atom stereocenters. The second-order valence-electron chi connectivity index (χ2n) is 3.86. The number of carbonyl (C=O) groups is 1.